The molecular weight excluding hydrogens is 375 g/mol. The Morgan fingerprint density at radius 2 is 1.76 bits per heavy atom. The SMILES string of the molecule is COC(=O)[C@]1(C)N[C@H](c2ccc(C)cc2)[C@H]2C(=O)N(c3ccccc3F)C(=O)[C@@H]21. The van der Waals surface area contributed by atoms with Gasteiger partial charge in [0.1, 0.15) is 11.4 Å². The highest BCUT2D eigenvalue weighted by Gasteiger charge is 2.67. The van der Waals surface area contributed by atoms with E-state index in [4.69, 9.17) is 4.74 Å². The van der Waals surface area contributed by atoms with Gasteiger partial charge in [-0.2, -0.15) is 0 Å². The summed E-state index contributed by atoms with van der Waals surface area (Å²) in [6.45, 7) is 3.50. The van der Waals surface area contributed by atoms with Crippen LogP contribution >= 0.6 is 0 Å². The average Bonchev–Trinajstić information content (AvgIpc) is 3.17. The second kappa shape index (κ2) is 6.77. The van der Waals surface area contributed by atoms with Crippen molar-refractivity contribution in [3.05, 3.63) is 65.5 Å². The molecule has 0 radical (unpaired) electrons. The fourth-order valence-electron chi connectivity index (χ4n) is 4.47. The second-order valence-electron chi connectivity index (χ2n) is 7.69. The van der Waals surface area contributed by atoms with Gasteiger partial charge < -0.3 is 4.74 Å². The van der Waals surface area contributed by atoms with E-state index in [-0.39, 0.29) is 5.69 Å². The van der Waals surface area contributed by atoms with Crippen LogP contribution in [0.4, 0.5) is 10.1 Å². The number of halogens is 1. The highest BCUT2D eigenvalue weighted by Crippen LogP contribution is 2.50. The van der Waals surface area contributed by atoms with Crippen LogP contribution in [0.5, 0.6) is 0 Å². The number of hydrogen-bond acceptors (Lipinski definition) is 5. The lowest BCUT2D eigenvalue weighted by atomic mass is 9.80. The molecule has 4 rings (SSSR count). The fourth-order valence-corrected chi connectivity index (χ4v) is 4.47. The monoisotopic (exact) mass is 396 g/mol. The van der Waals surface area contributed by atoms with Crippen molar-refractivity contribution >= 4 is 23.5 Å². The van der Waals surface area contributed by atoms with Crippen LogP contribution in [0.25, 0.3) is 0 Å². The number of fused-ring (bicyclic) bond motifs is 1. The second-order valence-corrected chi connectivity index (χ2v) is 7.69. The molecule has 2 saturated heterocycles. The number of esters is 1. The zero-order valence-corrected chi connectivity index (χ0v) is 16.3. The summed E-state index contributed by atoms with van der Waals surface area (Å²) in [6.07, 6.45) is 0. The van der Waals surface area contributed by atoms with Gasteiger partial charge in [-0.25, -0.2) is 9.29 Å². The average molecular weight is 396 g/mol. The van der Waals surface area contributed by atoms with Crippen molar-refractivity contribution in [2.24, 2.45) is 11.8 Å². The third-order valence-electron chi connectivity index (χ3n) is 5.93. The predicted molar refractivity (Wildman–Crippen MR) is 103 cm³/mol. The van der Waals surface area contributed by atoms with E-state index in [0.29, 0.717) is 0 Å². The van der Waals surface area contributed by atoms with Crippen LogP contribution in [-0.2, 0) is 19.1 Å². The molecule has 2 amide bonds. The molecule has 29 heavy (non-hydrogen) atoms. The molecule has 2 aliphatic heterocycles. The molecule has 2 heterocycles. The first-order valence-corrected chi connectivity index (χ1v) is 9.34. The number of carbonyl (C=O) groups excluding carboxylic acids is 3. The third kappa shape index (κ3) is 2.76. The molecule has 2 aromatic carbocycles. The summed E-state index contributed by atoms with van der Waals surface area (Å²) in [5.74, 6) is -4.31. The smallest absolute Gasteiger partial charge is 0.326 e. The number of rotatable bonds is 3. The Morgan fingerprint density at radius 3 is 2.38 bits per heavy atom. The quantitative estimate of drug-likeness (QED) is 0.637. The first-order chi connectivity index (χ1) is 13.8. The van der Waals surface area contributed by atoms with E-state index in [1.165, 1.54) is 25.3 Å². The summed E-state index contributed by atoms with van der Waals surface area (Å²) in [4.78, 5) is 40.2. The lowest BCUT2D eigenvalue weighted by Crippen LogP contribution is -2.54. The molecule has 7 heteroatoms. The molecule has 150 valence electrons. The number of imide groups is 1. The normalized spacial score (nSPS) is 28.6. The molecule has 0 bridgehead atoms. The molecule has 0 saturated carbocycles. The molecule has 2 aromatic rings. The number of benzene rings is 2. The molecule has 0 aromatic heterocycles. The van der Waals surface area contributed by atoms with Gasteiger partial charge in [0.25, 0.3) is 0 Å². The van der Waals surface area contributed by atoms with Crippen LogP contribution in [0, 0.1) is 24.6 Å². The van der Waals surface area contributed by atoms with Gasteiger partial charge in [-0.05, 0) is 31.5 Å². The van der Waals surface area contributed by atoms with Crippen molar-refractivity contribution in [2.75, 3.05) is 12.0 Å². The zero-order valence-electron chi connectivity index (χ0n) is 16.3. The Kier molecular flexibility index (Phi) is 4.50. The molecule has 0 unspecified atom stereocenters. The Hall–Kier alpha value is -3.06. The Labute approximate surface area is 167 Å². The molecule has 2 fully saturated rings. The number of anilines is 1. The number of methoxy groups -OCH3 is 1. The maximum absolute atomic E-state index is 14.4. The van der Waals surface area contributed by atoms with Gasteiger partial charge in [-0.15, -0.1) is 0 Å². The van der Waals surface area contributed by atoms with Crippen molar-refractivity contribution in [3.63, 3.8) is 0 Å². The predicted octanol–water partition coefficient (Wildman–Crippen LogP) is 2.52. The summed E-state index contributed by atoms with van der Waals surface area (Å²) in [5, 5.41) is 3.17. The van der Waals surface area contributed by atoms with Crippen LogP contribution in [-0.4, -0.2) is 30.4 Å². The molecule has 4 atom stereocenters. The van der Waals surface area contributed by atoms with Gasteiger partial charge in [0.2, 0.25) is 11.8 Å². The zero-order chi connectivity index (χ0) is 20.9. The first kappa shape index (κ1) is 19.3. The van der Waals surface area contributed by atoms with Crippen molar-refractivity contribution in [1.82, 2.24) is 5.32 Å². The number of aryl methyl sites for hydroxylation is 1. The van der Waals surface area contributed by atoms with Crippen molar-refractivity contribution in [3.8, 4) is 0 Å². The van der Waals surface area contributed by atoms with E-state index < -0.39 is 47.0 Å². The van der Waals surface area contributed by atoms with Gasteiger partial charge in [0.15, 0.2) is 0 Å². The fraction of sp³-hybridized carbons (Fsp3) is 0.318. The minimum atomic E-state index is -1.41. The number of nitrogens with zero attached hydrogens (tertiary/aromatic N) is 1. The number of carbonyl (C=O) groups is 3. The molecular formula is C22H21FN2O4. The van der Waals surface area contributed by atoms with Gasteiger partial charge in [-0.3, -0.25) is 19.7 Å². The number of amides is 2. The van der Waals surface area contributed by atoms with E-state index in [2.05, 4.69) is 5.32 Å². The topological polar surface area (TPSA) is 75.7 Å². The Bertz CT molecular complexity index is 1010. The standard InChI is InChI=1S/C22H21FN2O4/c1-12-8-10-13(11-9-12)18-16-17(22(2,24-18)21(28)29-3)20(27)25(19(16)26)15-7-5-4-6-14(15)23/h4-11,16-18,24H,1-3H3/t16-,17+,18+,22+/m0/s1. The van der Waals surface area contributed by atoms with E-state index >= 15 is 0 Å². The summed E-state index contributed by atoms with van der Waals surface area (Å²) in [5.41, 5.74) is 0.296. The molecule has 2 aliphatic rings. The number of nitrogens with one attached hydrogen (secondary N) is 1. The number of ether oxygens (including phenoxy) is 1. The molecule has 6 nitrogen and oxygen atoms in total. The minimum absolute atomic E-state index is 0.105. The van der Waals surface area contributed by atoms with Crippen molar-refractivity contribution in [1.29, 1.82) is 0 Å². The van der Waals surface area contributed by atoms with Gasteiger partial charge in [0, 0.05) is 6.04 Å². The van der Waals surface area contributed by atoms with Crippen LogP contribution in [0.3, 0.4) is 0 Å². The van der Waals surface area contributed by atoms with Crippen LogP contribution in [0.2, 0.25) is 0 Å². The molecule has 1 N–H and O–H groups in total. The number of hydrogen-bond donors (Lipinski definition) is 1. The van der Waals surface area contributed by atoms with E-state index in [0.717, 1.165) is 16.0 Å². The van der Waals surface area contributed by atoms with Crippen molar-refractivity contribution < 1.29 is 23.5 Å². The van der Waals surface area contributed by atoms with Gasteiger partial charge >= 0.3 is 5.97 Å². The largest absolute Gasteiger partial charge is 0.468 e. The Balaban J connectivity index is 1.84. The lowest BCUT2D eigenvalue weighted by Gasteiger charge is -2.28. The highest BCUT2D eigenvalue weighted by molar-refractivity contribution is 6.24. The maximum atomic E-state index is 14.4. The van der Waals surface area contributed by atoms with E-state index in [1.807, 2.05) is 31.2 Å². The minimum Gasteiger partial charge on any atom is -0.468 e. The number of para-hydroxylation sites is 1. The van der Waals surface area contributed by atoms with Crippen LogP contribution < -0.4 is 10.2 Å². The molecule has 0 spiro atoms. The van der Waals surface area contributed by atoms with E-state index in [1.54, 1.807) is 13.0 Å². The summed E-state index contributed by atoms with van der Waals surface area (Å²) in [6, 6.07) is 12.5. The Morgan fingerprint density at radius 1 is 1.10 bits per heavy atom. The van der Waals surface area contributed by atoms with Gasteiger partial charge in [-0.1, -0.05) is 42.0 Å². The lowest BCUT2D eigenvalue weighted by molar-refractivity contribution is -0.151. The molecule has 0 aliphatic carbocycles. The third-order valence-corrected chi connectivity index (χ3v) is 5.93. The van der Waals surface area contributed by atoms with Crippen LogP contribution in [0.1, 0.15) is 24.1 Å². The summed E-state index contributed by atoms with van der Waals surface area (Å²) >= 11 is 0. The summed E-state index contributed by atoms with van der Waals surface area (Å²) < 4.78 is 19.3. The van der Waals surface area contributed by atoms with Gasteiger partial charge in [0.05, 0.1) is 24.6 Å². The van der Waals surface area contributed by atoms with Crippen LogP contribution in [0.15, 0.2) is 48.5 Å². The summed E-state index contributed by atoms with van der Waals surface area (Å²) in [7, 11) is 1.24. The van der Waals surface area contributed by atoms with E-state index in [9.17, 15) is 18.8 Å². The first-order valence-electron chi connectivity index (χ1n) is 9.34. The maximum Gasteiger partial charge on any atom is 0.326 e. The van der Waals surface area contributed by atoms with Crippen molar-refractivity contribution in [2.45, 2.75) is 25.4 Å². The highest BCUT2D eigenvalue weighted by atomic mass is 19.1.